The van der Waals surface area contributed by atoms with Crippen molar-refractivity contribution in [2.24, 2.45) is 0 Å². The van der Waals surface area contributed by atoms with E-state index in [1.807, 2.05) is 0 Å². The van der Waals surface area contributed by atoms with Gasteiger partial charge in [0.25, 0.3) is 0 Å². The average Bonchev–Trinajstić information content (AvgIpc) is 2.53. The second-order valence-electron chi connectivity index (χ2n) is 5.16. The van der Waals surface area contributed by atoms with Gasteiger partial charge in [0.15, 0.2) is 4.90 Å². The molecule has 0 nitrogen and oxygen atoms in total. The molecule has 0 atom stereocenters. The maximum Gasteiger partial charge on any atom is 0.170 e. The molecule has 0 spiro atoms. The third-order valence-electron chi connectivity index (χ3n) is 3.96. The molecule has 1 saturated heterocycles. The van der Waals surface area contributed by atoms with Gasteiger partial charge in [-0.05, 0) is 29.0 Å². The standard InChI is InChI=1S/C18H17S2/c1-3-7-16-14(5-1)13-15-6-2-4-8-17(15)18(16)20-11-9-19-10-12-20/h1-8,13H,9-12H2/q+1. The van der Waals surface area contributed by atoms with Crippen molar-refractivity contribution < 1.29 is 0 Å². The summed E-state index contributed by atoms with van der Waals surface area (Å²) in [4.78, 5) is 1.62. The van der Waals surface area contributed by atoms with Crippen molar-refractivity contribution in [2.45, 2.75) is 4.90 Å². The van der Waals surface area contributed by atoms with Crippen molar-refractivity contribution in [3.63, 3.8) is 0 Å². The largest absolute Gasteiger partial charge is 0.170 e. The van der Waals surface area contributed by atoms with Crippen molar-refractivity contribution in [3.05, 3.63) is 54.6 Å². The number of hydrogen-bond donors (Lipinski definition) is 0. The zero-order chi connectivity index (χ0) is 13.4. The second-order valence-corrected chi connectivity index (χ2v) is 8.60. The van der Waals surface area contributed by atoms with Crippen LogP contribution < -0.4 is 0 Å². The van der Waals surface area contributed by atoms with Crippen molar-refractivity contribution in [1.82, 2.24) is 0 Å². The van der Waals surface area contributed by atoms with E-state index in [0.717, 1.165) is 0 Å². The van der Waals surface area contributed by atoms with Gasteiger partial charge in [-0.15, -0.1) is 0 Å². The molecule has 0 N–H and O–H groups in total. The van der Waals surface area contributed by atoms with E-state index >= 15 is 0 Å². The Morgan fingerprint density at radius 3 is 1.90 bits per heavy atom. The first-order chi connectivity index (χ1) is 9.93. The van der Waals surface area contributed by atoms with Gasteiger partial charge in [-0.25, -0.2) is 0 Å². The molecule has 0 unspecified atom stereocenters. The molecule has 3 aromatic carbocycles. The zero-order valence-corrected chi connectivity index (χ0v) is 13.0. The Balaban J connectivity index is 2.06. The van der Waals surface area contributed by atoms with Crippen molar-refractivity contribution in [3.8, 4) is 0 Å². The summed E-state index contributed by atoms with van der Waals surface area (Å²) >= 11 is 2.11. The third-order valence-corrected chi connectivity index (χ3v) is 7.87. The van der Waals surface area contributed by atoms with Crippen LogP contribution in [0.25, 0.3) is 21.5 Å². The highest BCUT2D eigenvalue weighted by Gasteiger charge is 2.29. The first-order valence-electron chi connectivity index (χ1n) is 7.09. The SMILES string of the molecule is c1ccc2c([S+]3CCSCC3)c3ccccc3cc2c1. The van der Waals surface area contributed by atoms with Gasteiger partial charge in [0.05, 0.1) is 0 Å². The van der Waals surface area contributed by atoms with E-state index in [0.29, 0.717) is 10.9 Å². The summed E-state index contributed by atoms with van der Waals surface area (Å²) in [6.07, 6.45) is 0. The molecule has 0 aliphatic carbocycles. The summed E-state index contributed by atoms with van der Waals surface area (Å²) in [7, 11) is 0.422. The monoisotopic (exact) mass is 297 g/mol. The molecule has 1 fully saturated rings. The topological polar surface area (TPSA) is 0 Å². The fourth-order valence-electron chi connectivity index (χ4n) is 3.01. The quantitative estimate of drug-likeness (QED) is 0.463. The molecular weight excluding hydrogens is 280 g/mol. The Hall–Kier alpha value is -1.12. The molecule has 0 radical (unpaired) electrons. The molecule has 1 heterocycles. The second kappa shape index (κ2) is 5.34. The van der Waals surface area contributed by atoms with Gasteiger partial charge in [0.1, 0.15) is 11.5 Å². The molecule has 20 heavy (non-hydrogen) atoms. The maximum absolute atomic E-state index is 2.34. The van der Waals surface area contributed by atoms with Gasteiger partial charge in [-0.3, -0.25) is 0 Å². The lowest BCUT2D eigenvalue weighted by molar-refractivity contribution is 1.37. The normalized spacial score (nSPS) is 16.8. The van der Waals surface area contributed by atoms with Crippen LogP contribution in [0.2, 0.25) is 0 Å². The third kappa shape index (κ3) is 2.11. The van der Waals surface area contributed by atoms with Gasteiger partial charge in [0.2, 0.25) is 0 Å². The Morgan fingerprint density at radius 1 is 0.750 bits per heavy atom. The molecule has 100 valence electrons. The molecular formula is C18H17S2+. The van der Waals surface area contributed by atoms with E-state index in [2.05, 4.69) is 66.4 Å². The summed E-state index contributed by atoms with van der Waals surface area (Å²) in [5.41, 5.74) is 0. The minimum absolute atomic E-state index is 0.422. The first kappa shape index (κ1) is 12.6. The number of benzene rings is 3. The predicted molar refractivity (Wildman–Crippen MR) is 94.1 cm³/mol. The van der Waals surface area contributed by atoms with E-state index in [9.17, 15) is 0 Å². The molecule has 0 bridgehead atoms. The Labute approximate surface area is 126 Å². The lowest BCUT2D eigenvalue weighted by atomic mass is 10.0. The lowest BCUT2D eigenvalue weighted by Crippen LogP contribution is -2.21. The Kier molecular flexibility index (Phi) is 3.37. The number of fused-ring (bicyclic) bond motifs is 2. The highest BCUT2D eigenvalue weighted by atomic mass is 32.2. The minimum atomic E-state index is 0.422. The van der Waals surface area contributed by atoms with Crippen molar-refractivity contribution >= 4 is 44.2 Å². The van der Waals surface area contributed by atoms with Gasteiger partial charge in [-0.1, -0.05) is 36.4 Å². The average molecular weight is 297 g/mol. The van der Waals surface area contributed by atoms with Crippen LogP contribution >= 0.6 is 11.8 Å². The van der Waals surface area contributed by atoms with E-state index in [-0.39, 0.29) is 0 Å². The van der Waals surface area contributed by atoms with Gasteiger partial charge in [-0.2, -0.15) is 11.8 Å². The first-order valence-corrected chi connectivity index (χ1v) is 9.81. The smallest absolute Gasteiger partial charge is 0.152 e. The highest BCUT2D eigenvalue weighted by Crippen LogP contribution is 2.35. The summed E-state index contributed by atoms with van der Waals surface area (Å²) in [6.45, 7) is 0. The Morgan fingerprint density at radius 2 is 1.30 bits per heavy atom. The van der Waals surface area contributed by atoms with Gasteiger partial charge >= 0.3 is 0 Å². The summed E-state index contributed by atoms with van der Waals surface area (Å²) < 4.78 is 0. The summed E-state index contributed by atoms with van der Waals surface area (Å²) in [5, 5.41) is 5.74. The van der Waals surface area contributed by atoms with Crippen molar-refractivity contribution in [1.29, 1.82) is 0 Å². The number of thioether (sulfide) groups is 1. The Bertz CT molecular complexity index is 704. The molecule has 4 rings (SSSR count). The summed E-state index contributed by atoms with van der Waals surface area (Å²) in [6, 6.07) is 20.2. The highest BCUT2D eigenvalue weighted by molar-refractivity contribution is 8.05. The molecule has 0 amide bonds. The van der Waals surface area contributed by atoms with E-state index < -0.39 is 0 Å². The molecule has 0 aromatic heterocycles. The van der Waals surface area contributed by atoms with Gasteiger partial charge in [0, 0.05) is 33.2 Å². The van der Waals surface area contributed by atoms with Crippen LogP contribution in [0.5, 0.6) is 0 Å². The summed E-state index contributed by atoms with van der Waals surface area (Å²) in [5.74, 6) is 5.34. The zero-order valence-electron chi connectivity index (χ0n) is 11.3. The van der Waals surface area contributed by atoms with E-state index in [1.54, 1.807) is 4.90 Å². The van der Waals surface area contributed by atoms with Crippen molar-refractivity contribution in [2.75, 3.05) is 23.0 Å². The van der Waals surface area contributed by atoms with E-state index in [1.165, 1.54) is 44.6 Å². The fraction of sp³-hybridized carbons (Fsp3) is 0.222. The predicted octanol–water partition coefficient (Wildman–Crippen LogP) is 4.72. The van der Waals surface area contributed by atoms with Crippen LogP contribution in [0.3, 0.4) is 0 Å². The fourth-order valence-corrected chi connectivity index (χ4v) is 7.37. The molecule has 1 aliphatic rings. The molecule has 3 aromatic rings. The van der Waals surface area contributed by atoms with Crippen LogP contribution in [0.15, 0.2) is 59.5 Å². The van der Waals surface area contributed by atoms with Crippen LogP contribution in [-0.2, 0) is 10.9 Å². The number of rotatable bonds is 1. The van der Waals surface area contributed by atoms with Crippen LogP contribution in [0.4, 0.5) is 0 Å². The molecule has 1 aliphatic heterocycles. The van der Waals surface area contributed by atoms with E-state index in [4.69, 9.17) is 0 Å². The number of hydrogen-bond acceptors (Lipinski definition) is 1. The van der Waals surface area contributed by atoms with Gasteiger partial charge < -0.3 is 0 Å². The maximum atomic E-state index is 2.34. The minimum Gasteiger partial charge on any atom is -0.152 e. The lowest BCUT2D eigenvalue weighted by Gasteiger charge is -2.16. The van der Waals surface area contributed by atoms with Crippen LogP contribution in [0, 0.1) is 0 Å². The molecule has 0 saturated carbocycles. The van der Waals surface area contributed by atoms with Crippen LogP contribution in [-0.4, -0.2) is 23.0 Å². The molecule has 2 heteroatoms. The van der Waals surface area contributed by atoms with Crippen LogP contribution in [0.1, 0.15) is 0 Å².